The molecule has 4 rings (SSSR count). The van der Waals surface area contributed by atoms with Crippen molar-refractivity contribution in [3.05, 3.63) is 71.9 Å². The van der Waals surface area contributed by atoms with Gasteiger partial charge in [0.05, 0.1) is 11.9 Å². The summed E-state index contributed by atoms with van der Waals surface area (Å²) in [5.74, 6) is 0.878. The maximum Gasteiger partial charge on any atom is 0.229 e. The molecule has 0 radical (unpaired) electrons. The SMILES string of the molecule is CCN1C(=O)C[C@@H](c2ccccc2N)c2cnn(-c3ccccc3)c21. The molecule has 0 unspecified atom stereocenters. The lowest BCUT2D eigenvalue weighted by atomic mass is 9.85. The second-order valence-electron chi connectivity index (χ2n) is 6.19. The molecule has 1 amide bonds. The number of benzene rings is 2. The third-order valence-corrected chi connectivity index (χ3v) is 4.77. The lowest BCUT2D eigenvalue weighted by Crippen LogP contribution is -2.38. The molecule has 2 heterocycles. The van der Waals surface area contributed by atoms with Crippen molar-refractivity contribution in [2.45, 2.75) is 19.3 Å². The molecule has 2 N–H and O–H groups in total. The Hall–Kier alpha value is -3.08. The van der Waals surface area contributed by atoms with Gasteiger partial charge in [-0.15, -0.1) is 0 Å². The van der Waals surface area contributed by atoms with Crippen LogP contribution in [0.5, 0.6) is 0 Å². The Morgan fingerprint density at radius 2 is 1.80 bits per heavy atom. The molecule has 25 heavy (non-hydrogen) atoms. The molecule has 0 saturated carbocycles. The number of carbonyl (C=O) groups excluding carboxylic acids is 1. The summed E-state index contributed by atoms with van der Waals surface area (Å²) in [6, 6.07) is 17.6. The van der Waals surface area contributed by atoms with Crippen molar-refractivity contribution in [2.24, 2.45) is 0 Å². The fraction of sp³-hybridized carbons (Fsp3) is 0.200. The number of anilines is 2. The standard InChI is InChI=1S/C20H20N4O/c1-2-23-19(25)12-16(15-10-6-7-11-18(15)21)17-13-22-24(20(17)23)14-8-4-3-5-9-14/h3-11,13,16H,2,12,21H2,1H3/t16-/m0/s1. The minimum atomic E-state index is -0.0658. The Morgan fingerprint density at radius 1 is 1.08 bits per heavy atom. The predicted molar refractivity (Wildman–Crippen MR) is 98.9 cm³/mol. The summed E-state index contributed by atoms with van der Waals surface area (Å²) >= 11 is 0. The third kappa shape index (κ3) is 2.48. The van der Waals surface area contributed by atoms with Gasteiger partial charge < -0.3 is 5.73 Å². The zero-order valence-corrected chi connectivity index (χ0v) is 14.1. The van der Waals surface area contributed by atoms with Crippen molar-refractivity contribution in [1.29, 1.82) is 0 Å². The molecule has 0 spiro atoms. The van der Waals surface area contributed by atoms with Gasteiger partial charge in [-0.25, -0.2) is 4.68 Å². The van der Waals surface area contributed by atoms with Crippen molar-refractivity contribution in [2.75, 3.05) is 17.2 Å². The van der Waals surface area contributed by atoms with Crippen molar-refractivity contribution in [3.8, 4) is 5.69 Å². The van der Waals surface area contributed by atoms with Gasteiger partial charge in [-0.05, 0) is 30.7 Å². The second-order valence-corrected chi connectivity index (χ2v) is 6.19. The van der Waals surface area contributed by atoms with E-state index in [1.807, 2.05) is 77.3 Å². The number of nitrogen functional groups attached to an aromatic ring is 1. The highest BCUT2D eigenvalue weighted by molar-refractivity contribution is 5.97. The first-order chi connectivity index (χ1) is 12.2. The van der Waals surface area contributed by atoms with Gasteiger partial charge in [0.15, 0.2) is 0 Å². The minimum Gasteiger partial charge on any atom is -0.398 e. The summed E-state index contributed by atoms with van der Waals surface area (Å²) in [7, 11) is 0. The number of para-hydroxylation sites is 2. The zero-order chi connectivity index (χ0) is 17.4. The van der Waals surface area contributed by atoms with Crippen LogP contribution in [0.15, 0.2) is 60.8 Å². The number of rotatable bonds is 3. The first kappa shape index (κ1) is 15.4. The zero-order valence-electron chi connectivity index (χ0n) is 14.1. The van der Waals surface area contributed by atoms with E-state index >= 15 is 0 Å². The Bertz CT molecular complexity index is 916. The number of nitrogens with zero attached hydrogens (tertiary/aromatic N) is 3. The van der Waals surface area contributed by atoms with Crippen molar-refractivity contribution < 1.29 is 4.79 Å². The average molecular weight is 332 g/mol. The van der Waals surface area contributed by atoms with Gasteiger partial charge in [-0.2, -0.15) is 5.10 Å². The smallest absolute Gasteiger partial charge is 0.229 e. The van der Waals surface area contributed by atoms with Gasteiger partial charge in [0.2, 0.25) is 5.91 Å². The van der Waals surface area contributed by atoms with Crippen LogP contribution in [0.4, 0.5) is 11.5 Å². The van der Waals surface area contributed by atoms with E-state index in [4.69, 9.17) is 5.73 Å². The van der Waals surface area contributed by atoms with Crippen LogP contribution < -0.4 is 10.6 Å². The van der Waals surface area contributed by atoms with E-state index in [9.17, 15) is 4.79 Å². The molecule has 3 aromatic rings. The van der Waals surface area contributed by atoms with E-state index in [1.54, 1.807) is 0 Å². The highest BCUT2D eigenvalue weighted by Crippen LogP contribution is 2.42. The first-order valence-electron chi connectivity index (χ1n) is 8.48. The number of hydrogen-bond acceptors (Lipinski definition) is 3. The molecule has 2 aromatic carbocycles. The highest BCUT2D eigenvalue weighted by atomic mass is 16.2. The van der Waals surface area contributed by atoms with Gasteiger partial charge in [-0.1, -0.05) is 36.4 Å². The quantitative estimate of drug-likeness (QED) is 0.748. The Kier molecular flexibility index (Phi) is 3.76. The number of aromatic nitrogens is 2. The number of nitrogens with two attached hydrogens (primary N) is 1. The summed E-state index contributed by atoms with van der Waals surface area (Å²) in [5.41, 5.74) is 9.87. The number of fused-ring (bicyclic) bond motifs is 1. The number of amides is 1. The Morgan fingerprint density at radius 3 is 2.52 bits per heavy atom. The Labute approximate surface area is 146 Å². The molecule has 0 saturated heterocycles. The fourth-order valence-electron chi connectivity index (χ4n) is 3.57. The van der Waals surface area contributed by atoms with Crippen LogP contribution in [-0.2, 0) is 4.79 Å². The average Bonchev–Trinajstić information content (AvgIpc) is 3.07. The number of hydrogen-bond donors (Lipinski definition) is 1. The van der Waals surface area contributed by atoms with Crippen molar-refractivity contribution in [3.63, 3.8) is 0 Å². The van der Waals surface area contributed by atoms with Gasteiger partial charge in [0, 0.05) is 30.1 Å². The van der Waals surface area contributed by atoms with Gasteiger partial charge in [0.25, 0.3) is 0 Å². The molecule has 5 nitrogen and oxygen atoms in total. The van der Waals surface area contributed by atoms with Crippen LogP contribution in [-0.4, -0.2) is 22.2 Å². The molecular formula is C20H20N4O. The normalized spacial score (nSPS) is 16.8. The summed E-state index contributed by atoms with van der Waals surface area (Å²) in [6.45, 7) is 2.60. The van der Waals surface area contributed by atoms with Crippen LogP contribution in [0.25, 0.3) is 5.69 Å². The molecule has 5 heteroatoms. The molecule has 1 aromatic heterocycles. The maximum atomic E-state index is 12.8. The maximum absolute atomic E-state index is 12.8. The molecule has 0 bridgehead atoms. The monoisotopic (exact) mass is 332 g/mol. The Balaban J connectivity index is 1.91. The molecule has 126 valence electrons. The van der Waals surface area contributed by atoms with E-state index in [0.717, 1.165) is 22.6 Å². The lowest BCUT2D eigenvalue weighted by Gasteiger charge is -2.32. The third-order valence-electron chi connectivity index (χ3n) is 4.77. The van der Waals surface area contributed by atoms with Crippen molar-refractivity contribution in [1.82, 2.24) is 9.78 Å². The second kappa shape index (κ2) is 6.09. The van der Waals surface area contributed by atoms with Crippen LogP contribution in [0.1, 0.15) is 30.4 Å². The molecule has 0 fully saturated rings. The summed E-state index contributed by atoms with van der Waals surface area (Å²) in [6.07, 6.45) is 2.28. The van der Waals surface area contributed by atoms with E-state index in [1.165, 1.54) is 0 Å². The summed E-state index contributed by atoms with van der Waals surface area (Å²) < 4.78 is 1.85. The fourth-order valence-corrected chi connectivity index (χ4v) is 3.57. The van der Waals surface area contributed by atoms with Crippen molar-refractivity contribution >= 4 is 17.4 Å². The van der Waals surface area contributed by atoms with Crippen LogP contribution in [0.3, 0.4) is 0 Å². The van der Waals surface area contributed by atoms with E-state index in [2.05, 4.69) is 5.10 Å². The van der Waals surface area contributed by atoms with Crippen LogP contribution in [0, 0.1) is 0 Å². The molecular weight excluding hydrogens is 312 g/mol. The molecule has 1 aliphatic rings. The number of carbonyl (C=O) groups is 1. The van der Waals surface area contributed by atoms with E-state index < -0.39 is 0 Å². The van der Waals surface area contributed by atoms with Gasteiger partial charge in [0.1, 0.15) is 5.82 Å². The van der Waals surface area contributed by atoms with Crippen LogP contribution >= 0.6 is 0 Å². The summed E-state index contributed by atoms with van der Waals surface area (Å²) in [4.78, 5) is 14.6. The summed E-state index contributed by atoms with van der Waals surface area (Å²) in [5, 5.41) is 4.59. The minimum absolute atomic E-state index is 0.0658. The lowest BCUT2D eigenvalue weighted by molar-refractivity contribution is -0.119. The van der Waals surface area contributed by atoms with Gasteiger partial charge in [-0.3, -0.25) is 9.69 Å². The van der Waals surface area contributed by atoms with Gasteiger partial charge >= 0.3 is 0 Å². The van der Waals surface area contributed by atoms with E-state index in [0.29, 0.717) is 18.7 Å². The predicted octanol–water partition coefficient (Wildman–Crippen LogP) is 3.34. The first-order valence-corrected chi connectivity index (χ1v) is 8.48. The highest BCUT2D eigenvalue weighted by Gasteiger charge is 2.35. The molecule has 1 atom stereocenters. The van der Waals surface area contributed by atoms with E-state index in [-0.39, 0.29) is 11.8 Å². The largest absolute Gasteiger partial charge is 0.398 e. The molecule has 1 aliphatic heterocycles. The topological polar surface area (TPSA) is 64.2 Å². The van der Waals surface area contributed by atoms with Crippen LogP contribution in [0.2, 0.25) is 0 Å². The molecule has 0 aliphatic carbocycles.